The number of carboxylic acids is 1. The summed E-state index contributed by atoms with van der Waals surface area (Å²) in [6.07, 6.45) is -1.42. The van der Waals surface area contributed by atoms with E-state index in [9.17, 15) is 18.0 Å². The highest BCUT2D eigenvalue weighted by atomic mass is 19.4. The maximum absolute atomic E-state index is 12.1. The van der Waals surface area contributed by atoms with Gasteiger partial charge in [-0.3, -0.25) is 0 Å². The molecule has 0 saturated carbocycles. The zero-order chi connectivity index (χ0) is 13.3. The summed E-state index contributed by atoms with van der Waals surface area (Å²) >= 11 is 0. The first-order valence-electron chi connectivity index (χ1n) is 4.96. The van der Waals surface area contributed by atoms with Crippen LogP contribution in [0.5, 0.6) is 5.75 Å². The number of nitrogens with one attached hydrogen (secondary N) is 2. The topological polar surface area (TPSA) is 74.3 Å². The number of aromatic carboxylic acids is 1. The summed E-state index contributed by atoms with van der Waals surface area (Å²) in [6, 6.07) is 0. The Morgan fingerprint density at radius 3 is 2.83 bits per heavy atom. The van der Waals surface area contributed by atoms with E-state index in [0.717, 1.165) is 0 Å². The first-order chi connectivity index (χ1) is 8.38. The summed E-state index contributed by atoms with van der Waals surface area (Å²) in [5.74, 6) is -1.64. The molecule has 8 heteroatoms. The number of carbonyl (C=O) groups is 1. The number of aromatic nitrogens is 1. The van der Waals surface area contributed by atoms with Gasteiger partial charge in [0.15, 0.2) is 18.1 Å². The minimum atomic E-state index is -4.52. The second-order valence-corrected chi connectivity index (χ2v) is 3.64. The summed E-state index contributed by atoms with van der Waals surface area (Å²) in [5.41, 5.74) is 0.431. The first kappa shape index (κ1) is 12.3. The fourth-order valence-electron chi connectivity index (χ4n) is 1.62. The van der Waals surface area contributed by atoms with Crippen LogP contribution in [0.1, 0.15) is 21.7 Å². The van der Waals surface area contributed by atoms with Gasteiger partial charge in [-0.25, -0.2) is 4.79 Å². The molecule has 0 atom stereocenters. The van der Waals surface area contributed by atoms with Crippen LogP contribution in [-0.4, -0.2) is 28.8 Å². The highest BCUT2D eigenvalue weighted by Crippen LogP contribution is 2.31. The Bertz CT molecular complexity index is 505. The molecule has 98 valence electrons. The van der Waals surface area contributed by atoms with Gasteiger partial charge in [0.05, 0.1) is 0 Å². The van der Waals surface area contributed by atoms with E-state index in [2.05, 4.69) is 15.0 Å². The molecular formula is C10H9F3N2O3. The van der Waals surface area contributed by atoms with E-state index in [1.165, 1.54) is 6.08 Å². The number of fused-ring (bicyclic) bond motifs is 1. The lowest BCUT2D eigenvalue weighted by Gasteiger charge is -2.12. The van der Waals surface area contributed by atoms with Gasteiger partial charge in [-0.15, -0.1) is 0 Å². The molecule has 1 aliphatic rings. The van der Waals surface area contributed by atoms with Gasteiger partial charge < -0.3 is 20.1 Å². The van der Waals surface area contributed by atoms with Crippen LogP contribution in [-0.2, 0) is 6.54 Å². The van der Waals surface area contributed by atoms with Crippen molar-refractivity contribution in [2.45, 2.75) is 12.7 Å². The van der Waals surface area contributed by atoms with Crippen LogP contribution in [0.25, 0.3) is 6.08 Å². The number of carboxylic acid groups (broad SMARTS) is 1. The Kier molecular flexibility index (Phi) is 2.93. The largest absolute Gasteiger partial charge is 0.481 e. The summed E-state index contributed by atoms with van der Waals surface area (Å²) < 4.78 is 40.9. The van der Waals surface area contributed by atoms with E-state index in [1.807, 2.05) is 0 Å². The van der Waals surface area contributed by atoms with Crippen molar-refractivity contribution in [3.05, 3.63) is 23.2 Å². The molecule has 0 radical (unpaired) electrons. The summed E-state index contributed by atoms with van der Waals surface area (Å²) in [5, 5.41) is 11.7. The predicted octanol–water partition coefficient (Wildman–Crippen LogP) is 1.73. The molecule has 2 rings (SSSR count). The van der Waals surface area contributed by atoms with Gasteiger partial charge in [-0.1, -0.05) is 0 Å². The lowest BCUT2D eigenvalue weighted by molar-refractivity contribution is -0.153. The molecule has 0 spiro atoms. The van der Waals surface area contributed by atoms with E-state index in [0.29, 0.717) is 11.3 Å². The second-order valence-electron chi connectivity index (χ2n) is 3.64. The first-order valence-corrected chi connectivity index (χ1v) is 4.96. The minimum absolute atomic E-state index is 0.211. The maximum atomic E-state index is 12.1. The third-order valence-corrected chi connectivity index (χ3v) is 2.33. The number of ether oxygens (including phenoxy) is 1. The maximum Gasteiger partial charge on any atom is 0.422 e. The molecule has 5 nitrogen and oxygen atoms in total. The zero-order valence-corrected chi connectivity index (χ0v) is 8.97. The molecule has 0 unspecified atom stereocenters. The van der Waals surface area contributed by atoms with Crippen molar-refractivity contribution in [1.29, 1.82) is 0 Å². The summed E-state index contributed by atoms with van der Waals surface area (Å²) in [7, 11) is 0. The molecule has 0 saturated heterocycles. The Labute approximate surface area is 99.3 Å². The average molecular weight is 262 g/mol. The Morgan fingerprint density at radius 1 is 1.50 bits per heavy atom. The summed E-state index contributed by atoms with van der Waals surface area (Å²) in [4.78, 5) is 13.4. The van der Waals surface area contributed by atoms with Gasteiger partial charge in [0, 0.05) is 17.8 Å². The van der Waals surface area contributed by atoms with Crippen LogP contribution in [0.3, 0.4) is 0 Å². The molecule has 0 fully saturated rings. The lowest BCUT2D eigenvalue weighted by atomic mass is 10.1. The molecule has 1 aromatic rings. The third kappa shape index (κ3) is 2.41. The Balaban J connectivity index is 2.34. The van der Waals surface area contributed by atoms with Crippen molar-refractivity contribution in [1.82, 2.24) is 10.3 Å². The van der Waals surface area contributed by atoms with Crippen molar-refractivity contribution in [2.24, 2.45) is 0 Å². The van der Waals surface area contributed by atoms with E-state index in [-0.39, 0.29) is 18.0 Å². The molecule has 0 amide bonds. The highest BCUT2D eigenvalue weighted by molar-refractivity contribution is 5.90. The molecule has 0 aliphatic carbocycles. The smallest absolute Gasteiger partial charge is 0.422 e. The van der Waals surface area contributed by atoms with Gasteiger partial charge in [0.25, 0.3) is 0 Å². The SMILES string of the molecule is O=C(O)c1[nH]c2c(c1OCC(F)(F)F)CNC=C2. The molecule has 3 N–H and O–H groups in total. The fraction of sp³-hybridized carbons (Fsp3) is 0.300. The van der Waals surface area contributed by atoms with Gasteiger partial charge in [0.2, 0.25) is 0 Å². The molecule has 18 heavy (non-hydrogen) atoms. The van der Waals surface area contributed by atoms with E-state index >= 15 is 0 Å². The highest BCUT2D eigenvalue weighted by Gasteiger charge is 2.31. The van der Waals surface area contributed by atoms with Crippen molar-refractivity contribution in [3.63, 3.8) is 0 Å². The Morgan fingerprint density at radius 2 is 2.22 bits per heavy atom. The number of rotatable bonds is 3. The van der Waals surface area contributed by atoms with E-state index in [4.69, 9.17) is 5.11 Å². The molecule has 0 aromatic carbocycles. The predicted molar refractivity (Wildman–Crippen MR) is 55.2 cm³/mol. The van der Waals surface area contributed by atoms with Gasteiger partial charge >= 0.3 is 12.1 Å². The van der Waals surface area contributed by atoms with Crippen LogP contribution >= 0.6 is 0 Å². The van der Waals surface area contributed by atoms with Crippen LogP contribution in [0.4, 0.5) is 13.2 Å². The Hall–Kier alpha value is -2.12. The third-order valence-electron chi connectivity index (χ3n) is 2.33. The van der Waals surface area contributed by atoms with Crippen LogP contribution < -0.4 is 10.1 Å². The summed E-state index contributed by atoms with van der Waals surface area (Å²) in [6.45, 7) is -1.32. The minimum Gasteiger partial charge on any atom is -0.481 e. The second kappa shape index (κ2) is 4.28. The van der Waals surface area contributed by atoms with Crippen molar-refractivity contribution < 1.29 is 27.8 Å². The molecule has 1 aromatic heterocycles. The number of aromatic amines is 1. The quantitative estimate of drug-likeness (QED) is 0.775. The average Bonchev–Trinajstić information content (AvgIpc) is 2.64. The number of alkyl halides is 3. The monoisotopic (exact) mass is 262 g/mol. The van der Waals surface area contributed by atoms with Crippen molar-refractivity contribution in [2.75, 3.05) is 6.61 Å². The number of hydrogen-bond donors (Lipinski definition) is 3. The molecule has 1 aliphatic heterocycles. The standard InChI is InChI=1S/C10H9F3N2O3/c11-10(12,13)4-18-8-5-3-14-2-1-6(5)15-7(8)9(16)17/h1-2,14-15H,3-4H2,(H,16,17). The normalized spacial score (nSPS) is 13.9. The number of hydrogen-bond acceptors (Lipinski definition) is 3. The van der Waals surface area contributed by atoms with Gasteiger partial charge in [-0.2, -0.15) is 13.2 Å². The molecular weight excluding hydrogens is 253 g/mol. The lowest BCUT2D eigenvalue weighted by Crippen LogP contribution is -2.21. The molecule has 2 heterocycles. The van der Waals surface area contributed by atoms with Crippen LogP contribution in [0, 0.1) is 0 Å². The zero-order valence-electron chi connectivity index (χ0n) is 8.97. The van der Waals surface area contributed by atoms with Gasteiger partial charge in [-0.05, 0) is 12.3 Å². The van der Waals surface area contributed by atoms with Gasteiger partial charge in [0.1, 0.15) is 0 Å². The van der Waals surface area contributed by atoms with E-state index < -0.39 is 18.8 Å². The van der Waals surface area contributed by atoms with Crippen LogP contribution in [0.15, 0.2) is 6.20 Å². The number of H-pyrrole nitrogens is 1. The fourth-order valence-corrected chi connectivity index (χ4v) is 1.62. The number of halogens is 3. The van der Waals surface area contributed by atoms with E-state index in [1.54, 1.807) is 6.20 Å². The molecule has 0 bridgehead atoms. The van der Waals surface area contributed by atoms with Crippen molar-refractivity contribution in [3.8, 4) is 5.75 Å². The van der Waals surface area contributed by atoms with Crippen molar-refractivity contribution >= 4 is 12.0 Å². The van der Waals surface area contributed by atoms with Crippen LogP contribution in [0.2, 0.25) is 0 Å².